The van der Waals surface area contributed by atoms with Crippen LogP contribution >= 0.6 is 11.6 Å². The Bertz CT molecular complexity index is 827. The molecule has 5 rings (SSSR count). The van der Waals surface area contributed by atoms with Crippen LogP contribution in [0.1, 0.15) is 85.5 Å². The van der Waals surface area contributed by atoms with Crippen molar-refractivity contribution in [3.8, 4) is 0 Å². The topological polar surface area (TPSA) is 66.8 Å². The Labute approximate surface area is 204 Å². The largest absolute Gasteiger partial charge is 0.462 e. The first-order chi connectivity index (χ1) is 15.5. The molecule has 8 unspecified atom stereocenters. The fourth-order valence-corrected chi connectivity index (χ4v) is 9.83. The second-order valence-corrected chi connectivity index (χ2v) is 13.4. The Kier molecular flexibility index (Phi) is 6.02. The molecule has 4 fully saturated rings. The summed E-state index contributed by atoms with van der Waals surface area (Å²) in [6.07, 6.45) is 11.8. The number of rotatable bonds is 3. The van der Waals surface area contributed by atoms with Crippen LogP contribution in [-0.2, 0) is 9.53 Å². The predicted octanol–water partition coefficient (Wildman–Crippen LogP) is 5.48. The van der Waals surface area contributed by atoms with Crippen LogP contribution in [0, 0.1) is 45.8 Å². The first-order valence-electron chi connectivity index (χ1n) is 13.4. The van der Waals surface area contributed by atoms with Gasteiger partial charge in [-0.25, -0.2) is 0 Å². The van der Waals surface area contributed by atoms with Crippen molar-refractivity contribution in [2.75, 3.05) is 6.61 Å². The number of esters is 1. The van der Waals surface area contributed by atoms with E-state index in [2.05, 4.69) is 33.8 Å². The summed E-state index contributed by atoms with van der Waals surface area (Å²) in [6, 6.07) is 0. The van der Waals surface area contributed by atoms with Gasteiger partial charge in [-0.1, -0.05) is 39.3 Å². The quantitative estimate of drug-likeness (QED) is 0.320. The zero-order valence-electron chi connectivity index (χ0n) is 20.9. The van der Waals surface area contributed by atoms with Gasteiger partial charge in [-0.05, 0) is 91.3 Å². The van der Waals surface area contributed by atoms with E-state index >= 15 is 0 Å². The highest BCUT2D eigenvalue weighted by Gasteiger charge is 2.64. The number of aliphatic hydroxyl groups excluding tert-OH is 2. The van der Waals surface area contributed by atoms with Crippen molar-refractivity contribution < 1.29 is 19.7 Å². The van der Waals surface area contributed by atoms with Gasteiger partial charge in [0.15, 0.2) is 0 Å². The summed E-state index contributed by atoms with van der Waals surface area (Å²) in [5.41, 5.74) is 2.30. The summed E-state index contributed by atoms with van der Waals surface area (Å²) in [4.78, 5) is 12.5. The number of fused-ring (bicyclic) bond motifs is 5. The van der Waals surface area contributed by atoms with Crippen molar-refractivity contribution in [2.24, 2.45) is 45.8 Å². The van der Waals surface area contributed by atoms with Crippen molar-refractivity contribution >= 4 is 17.6 Å². The minimum absolute atomic E-state index is 0.146. The lowest BCUT2D eigenvalue weighted by Gasteiger charge is -2.64. The Morgan fingerprint density at radius 1 is 1.15 bits per heavy atom. The summed E-state index contributed by atoms with van der Waals surface area (Å²) in [5, 5.41) is 19.5. The number of allylic oxidation sites excluding steroid dienone is 1. The van der Waals surface area contributed by atoms with Crippen LogP contribution in [0.4, 0.5) is 0 Å². The Balaban J connectivity index is 1.38. The first-order valence-corrected chi connectivity index (χ1v) is 13.8. The Morgan fingerprint density at radius 2 is 1.91 bits per heavy atom. The highest BCUT2D eigenvalue weighted by atomic mass is 35.5. The van der Waals surface area contributed by atoms with Gasteiger partial charge in [0, 0.05) is 6.42 Å². The van der Waals surface area contributed by atoms with Gasteiger partial charge in [-0.3, -0.25) is 4.79 Å². The predicted molar refractivity (Wildman–Crippen MR) is 130 cm³/mol. The van der Waals surface area contributed by atoms with Crippen molar-refractivity contribution in [2.45, 2.75) is 103 Å². The average molecular weight is 479 g/mol. The zero-order chi connectivity index (χ0) is 23.8. The summed E-state index contributed by atoms with van der Waals surface area (Å²) >= 11 is 6.51. The summed E-state index contributed by atoms with van der Waals surface area (Å²) in [6.45, 7) is 9.62. The van der Waals surface area contributed by atoms with Crippen LogP contribution in [0.2, 0.25) is 0 Å². The van der Waals surface area contributed by atoms with E-state index in [4.69, 9.17) is 16.3 Å². The lowest BCUT2D eigenvalue weighted by Crippen LogP contribution is -2.57. The molecule has 0 spiro atoms. The monoisotopic (exact) mass is 478 g/mol. The fraction of sp³-hybridized carbons (Fsp3) is 0.893. The standard InChI is InChI=1S/C28H43ClO4/c1-16(24-14-23(29)19(15-30)25(32)33-24)20-7-8-21-22-6-5-17-13-18(31)9-10-27(17,3)28(22,4)12-11-26(20,21)2/h5,16,18-24,30-31H,6-15H2,1-4H3/t16?,18-,19?,20?,21?,22-,23?,24?,26?,27-,28?/m0/s1. The van der Waals surface area contributed by atoms with Crippen molar-refractivity contribution in [1.82, 2.24) is 0 Å². The molecule has 1 saturated heterocycles. The van der Waals surface area contributed by atoms with E-state index in [1.807, 2.05) is 0 Å². The number of cyclic esters (lactones) is 1. The van der Waals surface area contributed by atoms with Crippen molar-refractivity contribution in [1.29, 1.82) is 0 Å². The average Bonchev–Trinajstić information content (AvgIpc) is 3.11. The van der Waals surface area contributed by atoms with Gasteiger partial charge in [-0.15, -0.1) is 11.6 Å². The summed E-state index contributed by atoms with van der Waals surface area (Å²) in [5.74, 6) is 1.28. The van der Waals surface area contributed by atoms with Crippen LogP contribution in [-0.4, -0.2) is 40.4 Å². The number of aliphatic hydroxyl groups is 2. The van der Waals surface area contributed by atoms with Crippen LogP contribution in [0.15, 0.2) is 11.6 Å². The highest BCUT2D eigenvalue weighted by Crippen LogP contribution is 2.72. The molecule has 1 heterocycles. The third-order valence-corrected chi connectivity index (χ3v) is 12.4. The van der Waals surface area contributed by atoms with Gasteiger partial charge in [0.25, 0.3) is 0 Å². The molecule has 0 aromatic heterocycles. The molecule has 0 bridgehead atoms. The van der Waals surface area contributed by atoms with Crippen molar-refractivity contribution in [3.63, 3.8) is 0 Å². The van der Waals surface area contributed by atoms with Crippen LogP contribution in [0.5, 0.6) is 0 Å². The molecular formula is C28H43ClO4. The molecule has 0 aromatic carbocycles. The van der Waals surface area contributed by atoms with Crippen LogP contribution < -0.4 is 0 Å². The van der Waals surface area contributed by atoms with E-state index in [-0.39, 0.29) is 46.9 Å². The third kappa shape index (κ3) is 3.40. The van der Waals surface area contributed by atoms with E-state index in [1.54, 1.807) is 0 Å². The maximum atomic E-state index is 12.5. The molecular weight excluding hydrogens is 436 g/mol. The molecule has 2 N–H and O–H groups in total. The third-order valence-electron chi connectivity index (χ3n) is 11.9. The molecule has 33 heavy (non-hydrogen) atoms. The summed E-state index contributed by atoms with van der Waals surface area (Å²) in [7, 11) is 0. The second-order valence-electron chi connectivity index (χ2n) is 12.9. The van der Waals surface area contributed by atoms with Gasteiger partial charge in [0.05, 0.1) is 24.0 Å². The molecule has 5 aliphatic rings. The van der Waals surface area contributed by atoms with E-state index < -0.39 is 5.92 Å². The number of carbonyl (C=O) groups excluding carboxylic acids is 1. The van der Waals surface area contributed by atoms with Crippen LogP contribution in [0.3, 0.4) is 0 Å². The number of hydrogen-bond acceptors (Lipinski definition) is 4. The molecule has 11 atom stereocenters. The van der Waals surface area contributed by atoms with Gasteiger partial charge in [0.2, 0.25) is 0 Å². The van der Waals surface area contributed by atoms with Gasteiger partial charge in [0.1, 0.15) is 6.10 Å². The maximum Gasteiger partial charge on any atom is 0.313 e. The number of halogens is 1. The highest BCUT2D eigenvalue weighted by molar-refractivity contribution is 6.22. The fourth-order valence-electron chi connectivity index (χ4n) is 9.47. The molecule has 186 valence electrons. The Morgan fingerprint density at radius 3 is 2.61 bits per heavy atom. The smallest absolute Gasteiger partial charge is 0.313 e. The SMILES string of the molecule is CC(C1CC(Cl)C(CO)C(=O)O1)C1CCC2[C@@H]3CC=C4C[C@@H](O)CC[C@]4(C)C3(C)CCC12C. The van der Waals surface area contributed by atoms with E-state index in [9.17, 15) is 15.0 Å². The van der Waals surface area contributed by atoms with E-state index in [0.717, 1.165) is 25.7 Å². The van der Waals surface area contributed by atoms with E-state index in [0.29, 0.717) is 29.6 Å². The number of carbonyl (C=O) groups is 1. The normalized spacial score (nSPS) is 52.8. The van der Waals surface area contributed by atoms with Gasteiger partial charge >= 0.3 is 5.97 Å². The molecule has 1 aliphatic heterocycles. The first kappa shape index (κ1) is 24.1. The molecule has 4 nitrogen and oxygen atoms in total. The second kappa shape index (κ2) is 8.23. The number of alkyl halides is 1. The zero-order valence-corrected chi connectivity index (χ0v) is 21.6. The number of hydrogen-bond donors (Lipinski definition) is 2. The molecule has 3 saturated carbocycles. The van der Waals surface area contributed by atoms with E-state index in [1.165, 1.54) is 31.3 Å². The Hall–Kier alpha value is -0.580. The molecule has 0 aromatic rings. The molecule has 4 aliphatic carbocycles. The molecule has 0 amide bonds. The van der Waals surface area contributed by atoms with Crippen LogP contribution in [0.25, 0.3) is 0 Å². The van der Waals surface area contributed by atoms with Gasteiger partial charge in [-0.2, -0.15) is 0 Å². The molecule has 5 heteroatoms. The van der Waals surface area contributed by atoms with Crippen molar-refractivity contribution in [3.05, 3.63) is 11.6 Å². The minimum Gasteiger partial charge on any atom is -0.462 e. The summed E-state index contributed by atoms with van der Waals surface area (Å²) < 4.78 is 5.87. The molecule has 0 radical (unpaired) electrons. The number of ether oxygens (including phenoxy) is 1. The van der Waals surface area contributed by atoms with Gasteiger partial charge < -0.3 is 14.9 Å². The maximum absolute atomic E-state index is 12.5. The minimum atomic E-state index is -0.588. The lowest BCUT2D eigenvalue weighted by molar-refractivity contribution is -0.169. The lowest BCUT2D eigenvalue weighted by atomic mass is 9.40.